The van der Waals surface area contributed by atoms with Gasteiger partial charge in [0, 0.05) is 4.88 Å². The van der Waals surface area contributed by atoms with Crippen LogP contribution in [-0.4, -0.2) is 7.11 Å². The third-order valence-electron chi connectivity index (χ3n) is 3.11. The predicted molar refractivity (Wildman–Crippen MR) is 86.5 cm³/mol. The van der Waals surface area contributed by atoms with Gasteiger partial charge < -0.3 is 14.5 Å². The Kier molecular flexibility index (Phi) is 4.18. The van der Waals surface area contributed by atoms with Gasteiger partial charge in [0.05, 0.1) is 23.4 Å². The molecule has 0 saturated heterocycles. The summed E-state index contributed by atoms with van der Waals surface area (Å²) >= 11 is 7.59. The molecule has 3 aromatic rings. The minimum atomic E-state index is -0.103. The van der Waals surface area contributed by atoms with E-state index in [1.807, 2.05) is 48.5 Å². The normalized spacial score (nSPS) is 12.1. The van der Waals surface area contributed by atoms with Crippen LogP contribution in [0.4, 0.5) is 5.69 Å². The number of halogens is 1. The molecule has 0 fully saturated rings. The topological polar surface area (TPSA) is 34.4 Å². The average Bonchev–Trinajstić information content (AvgIpc) is 3.17. The molecule has 1 unspecified atom stereocenters. The fourth-order valence-corrected chi connectivity index (χ4v) is 3.26. The van der Waals surface area contributed by atoms with Crippen LogP contribution < -0.4 is 10.1 Å². The molecule has 0 aliphatic rings. The number of furan rings is 1. The van der Waals surface area contributed by atoms with E-state index in [0.717, 1.165) is 26.4 Å². The van der Waals surface area contributed by atoms with Crippen LogP contribution in [0.5, 0.6) is 5.75 Å². The molecule has 21 heavy (non-hydrogen) atoms. The molecule has 1 atom stereocenters. The molecule has 3 nitrogen and oxygen atoms in total. The lowest BCUT2D eigenvalue weighted by Crippen LogP contribution is -2.10. The van der Waals surface area contributed by atoms with E-state index in [9.17, 15) is 0 Å². The average molecular weight is 320 g/mol. The van der Waals surface area contributed by atoms with Gasteiger partial charge in [-0.25, -0.2) is 0 Å². The molecular weight excluding hydrogens is 306 g/mol. The van der Waals surface area contributed by atoms with Crippen molar-refractivity contribution in [1.29, 1.82) is 0 Å². The largest absolute Gasteiger partial charge is 0.495 e. The first-order chi connectivity index (χ1) is 10.3. The first kappa shape index (κ1) is 14.0. The molecule has 2 aromatic heterocycles. The summed E-state index contributed by atoms with van der Waals surface area (Å²) in [6.07, 6.45) is 1.67. The standard InChI is InChI=1S/C16H14ClNO2S/c1-19-12-6-3-2-5-11(12)18-16(13-7-4-10-20-13)14-8-9-15(17)21-14/h2-10,16,18H,1H3. The van der Waals surface area contributed by atoms with E-state index in [1.165, 1.54) is 11.3 Å². The summed E-state index contributed by atoms with van der Waals surface area (Å²) in [5.74, 6) is 1.62. The van der Waals surface area contributed by atoms with Crippen LogP contribution in [0.2, 0.25) is 4.34 Å². The van der Waals surface area contributed by atoms with E-state index in [2.05, 4.69) is 5.32 Å². The summed E-state index contributed by atoms with van der Waals surface area (Å²) in [6, 6.07) is 15.4. The molecular formula is C16H14ClNO2S. The Balaban J connectivity index is 1.97. The Bertz CT molecular complexity index is 709. The van der Waals surface area contributed by atoms with E-state index in [1.54, 1.807) is 13.4 Å². The van der Waals surface area contributed by atoms with Crippen molar-refractivity contribution in [3.8, 4) is 5.75 Å². The van der Waals surface area contributed by atoms with Crippen molar-refractivity contribution in [2.24, 2.45) is 0 Å². The van der Waals surface area contributed by atoms with Crippen molar-refractivity contribution in [3.63, 3.8) is 0 Å². The summed E-state index contributed by atoms with van der Waals surface area (Å²) in [7, 11) is 1.66. The second kappa shape index (κ2) is 6.24. The maximum Gasteiger partial charge on any atom is 0.141 e. The highest BCUT2D eigenvalue weighted by molar-refractivity contribution is 7.16. The molecule has 0 bridgehead atoms. The van der Waals surface area contributed by atoms with Gasteiger partial charge in [0.25, 0.3) is 0 Å². The van der Waals surface area contributed by atoms with E-state index in [-0.39, 0.29) is 6.04 Å². The molecule has 3 rings (SSSR count). The number of rotatable bonds is 5. The fourth-order valence-electron chi connectivity index (χ4n) is 2.14. The molecule has 1 N–H and O–H groups in total. The summed E-state index contributed by atoms with van der Waals surface area (Å²) in [4.78, 5) is 1.08. The molecule has 2 heterocycles. The zero-order valence-corrected chi connectivity index (χ0v) is 12.9. The van der Waals surface area contributed by atoms with Crippen molar-refractivity contribution >= 4 is 28.6 Å². The number of hydrogen-bond acceptors (Lipinski definition) is 4. The van der Waals surface area contributed by atoms with Gasteiger partial charge in [-0.15, -0.1) is 11.3 Å². The molecule has 0 aliphatic carbocycles. The van der Waals surface area contributed by atoms with Crippen LogP contribution in [0.25, 0.3) is 0 Å². The van der Waals surface area contributed by atoms with Gasteiger partial charge in [-0.2, -0.15) is 0 Å². The van der Waals surface area contributed by atoms with E-state index in [0.29, 0.717) is 0 Å². The Morgan fingerprint density at radius 2 is 2.00 bits per heavy atom. The lowest BCUT2D eigenvalue weighted by atomic mass is 10.1. The first-order valence-corrected chi connectivity index (χ1v) is 7.65. The summed E-state index contributed by atoms with van der Waals surface area (Å²) in [5, 5.41) is 3.46. The number of para-hydroxylation sites is 2. The van der Waals surface area contributed by atoms with Crippen LogP contribution in [-0.2, 0) is 0 Å². The van der Waals surface area contributed by atoms with Crippen LogP contribution in [0.15, 0.2) is 59.2 Å². The molecule has 0 amide bonds. The first-order valence-electron chi connectivity index (χ1n) is 6.46. The summed E-state index contributed by atoms with van der Waals surface area (Å²) in [6.45, 7) is 0. The zero-order valence-electron chi connectivity index (χ0n) is 11.4. The monoisotopic (exact) mass is 319 g/mol. The molecule has 5 heteroatoms. The SMILES string of the molecule is COc1ccccc1NC(c1ccco1)c1ccc(Cl)s1. The van der Waals surface area contributed by atoms with Crippen molar-refractivity contribution in [1.82, 2.24) is 0 Å². The second-order valence-corrected chi connectivity index (χ2v) is 6.18. The van der Waals surface area contributed by atoms with Crippen LogP contribution in [0, 0.1) is 0 Å². The Morgan fingerprint density at radius 3 is 2.67 bits per heavy atom. The van der Waals surface area contributed by atoms with Crippen molar-refractivity contribution in [2.45, 2.75) is 6.04 Å². The number of thiophene rings is 1. The maximum atomic E-state index is 6.06. The van der Waals surface area contributed by atoms with Gasteiger partial charge in [-0.1, -0.05) is 23.7 Å². The Morgan fingerprint density at radius 1 is 1.14 bits per heavy atom. The van der Waals surface area contributed by atoms with Gasteiger partial charge in [0.1, 0.15) is 17.6 Å². The molecule has 0 saturated carbocycles. The number of anilines is 1. The maximum absolute atomic E-state index is 6.06. The van der Waals surface area contributed by atoms with Gasteiger partial charge >= 0.3 is 0 Å². The molecule has 0 radical (unpaired) electrons. The minimum absolute atomic E-state index is 0.103. The fraction of sp³-hybridized carbons (Fsp3) is 0.125. The predicted octanol–water partition coefficient (Wildman–Crippen LogP) is 5.20. The summed E-state index contributed by atoms with van der Waals surface area (Å²) in [5.41, 5.74) is 0.908. The second-order valence-electron chi connectivity index (χ2n) is 4.43. The van der Waals surface area contributed by atoms with Crippen LogP contribution >= 0.6 is 22.9 Å². The van der Waals surface area contributed by atoms with Gasteiger partial charge in [-0.05, 0) is 36.4 Å². The molecule has 0 aliphatic heterocycles. The number of hydrogen-bond donors (Lipinski definition) is 1. The van der Waals surface area contributed by atoms with Crippen molar-refractivity contribution in [3.05, 3.63) is 69.8 Å². The van der Waals surface area contributed by atoms with Crippen LogP contribution in [0.3, 0.4) is 0 Å². The summed E-state index contributed by atoms with van der Waals surface area (Å²) < 4.78 is 11.7. The lowest BCUT2D eigenvalue weighted by Gasteiger charge is -2.18. The highest BCUT2D eigenvalue weighted by Crippen LogP contribution is 2.36. The van der Waals surface area contributed by atoms with Gasteiger partial charge in [0.2, 0.25) is 0 Å². The number of methoxy groups -OCH3 is 1. The smallest absolute Gasteiger partial charge is 0.141 e. The van der Waals surface area contributed by atoms with Crippen LogP contribution in [0.1, 0.15) is 16.7 Å². The zero-order chi connectivity index (χ0) is 14.7. The Hall–Kier alpha value is -1.91. The number of benzene rings is 1. The quantitative estimate of drug-likeness (QED) is 0.701. The Labute approximate surface area is 132 Å². The van der Waals surface area contributed by atoms with Crippen molar-refractivity contribution < 1.29 is 9.15 Å². The molecule has 108 valence electrons. The highest BCUT2D eigenvalue weighted by Gasteiger charge is 2.20. The van der Waals surface area contributed by atoms with Gasteiger partial charge in [-0.3, -0.25) is 0 Å². The third kappa shape index (κ3) is 3.06. The minimum Gasteiger partial charge on any atom is -0.495 e. The van der Waals surface area contributed by atoms with Gasteiger partial charge in [0.15, 0.2) is 0 Å². The van der Waals surface area contributed by atoms with E-state index < -0.39 is 0 Å². The number of nitrogens with one attached hydrogen (secondary N) is 1. The highest BCUT2D eigenvalue weighted by atomic mass is 35.5. The third-order valence-corrected chi connectivity index (χ3v) is 4.41. The number of ether oxygens (including phenoxy) is 1. The van der Waals surface area contributed by atoms with Crippen molar-refractivity contribution in [2.75, 3.05) is 12.4 Å². The van der Waals surface area contributed by atoms with E-state index in [4.69, 9.17) is 20.8 Å². The van der Waals surface area contributed by atoms with E-state index >= 15 is 0 Å². The molecule has 0 spiro atoms. The lowest BCUT2D eigenvalue weighted by molar-refractivity contribution is 0.415. The molecule has 1 aromatic carbocycles.